The molecule has 17 heavy (non-hydrogen) atoms. The fraction of sp³-hybridized carbons (Fsp3) is 0.333. The summed E-state index contributed by atoms with van der Waals surface area (Å²) < 4.78 is 12.4. The van der Waals surface area contributed by atoms with Crippen molar-refractivity contribution < 1.29 is 19.1 Å². The predicted octanol–water partition coefficient (Wildman–Crippen LogP) is 0.865. The number of alkyl halides is 1. The van der Waals surface area contributed by atoms with Gasteiger partial charge < -0.3 is 10.4 Å². The molecule has 5 heteroatoms. The van der Waals surface area contributed by atoms with E-state index in [2.05, 4.69) is 5.32 Å². The van der Waals surface area contributed by atoms with Crippen molar-refractivity contribution in [3.63, 3.8) is 0 Å². The predicted molar refractivity (Wildman–Crippen MR) is 58.4 cm³/mol. The molecule has 1 aliphatic carbocycles. The first-order valence-electron chi connectivity index (χ1n) is 5.30. The summed E-state index contributed by atoms with van der Waals surface area (Å²) in [5.74, 6) is -2.12. The summed E-state index contributed by atoms with van der Waals surface area (Å²) >= 11 is 0. The molecule has 2 atom stereocenters. The second kappa shape index (κ2) is 4.53. The van der Waals surface area contributed by atoms with Gasteiger partial charge in [-0.2, -0.15) is 0 Å². The molecule has 1 aromatic carbocycles. The van der Waals surface area contributed by atoms with Gasteiger partial charge in [-0.1, -0.05) is 24.3 Å². The Morgan fingerprint density at radius 2 is 2.18 bits per heavy atom. The van der Waals surface area contributed by atoms with E-state index < -0.39 is 24.6 Å². The van der Waals surface area contributed by atoms with Gasteiger partial charge in [0.2, 0.25) is 5.91 Å². The van der Waals surface area contributed by atoms with Gasteiger partial charge in [0, 0.05) is 0 Å². The molecule has 1 aliphatic rings. The minimum atomic E-state index is -1.45. The zero-order chi connectivity index (χ0) is 12.4. The van der Waals surface area contributed by atoms with Gasteiger partial charge >= 0.3 is 5.97 Å². The molecule has 4 nitrogen and oxygen atoms in total. The number of hydrogen-bond acceptors (Lipinski definition) is 2. The Morgan fingerprint density at radius 3 is 2.76 bits per heavy atom. The largest absolute Gasteiger partial charge is 0.480 e. The lowest BCUT2D eigenvalue weighted by atomic mass is 9.77. The summed E-state index contributed by atoms with van der Waals surface area (Å²) in [6.45, 7) is -1.10. The average molecular weight is 237 g/mol. The molecule has 0 spiro atoms. The third-order valence-corrected chi connectivity index (χ3v) is 2.94. The zero-order valence-electron chi connectivity index (χ0n) is 9.02. The number of nitrogens with one attached hydrogen (secondary N) is 1. The number of amides is 1. The van der Waals surface area contributed by atoms with Crippen LogP contribution < -0.4 is 5.32 Å². The highest BCUT2D eigenvalue weighted by Gasteiger charge is 2.33. The van der Waals surface area contributed by atoms with Gasteiger partial charge in [-0.05, 0) is 17.5 Å². The van der Waals surface area contributed by atoms with Crippen molar-refractivity contribution in [1.82, 2.24) is 5.32 Å². The Morgan fingerprint density at radius 1 is 1.47 bits per heavy atom. The molecule has 0 fully saturated rings. The van der Waals surface area contributed by atoms with Crippen LogP contribution >= 0.6 is 0 Å². The van der Waals surface area contributed by atoms with Crippen LogP contribution in [0.2, 0.25) is 0 Å². The molecule has 0 saturated heterocycles. The number of carbonyl (C=O) groups excluding carboxylic acids is 1. The molecular formula is C12H12FNO3. The fourth-order valence-corrected chi connectivity index (χ4v) is 1.93. The normalized spacial score (nSPS) is 18.8. The lowest BCUT2D eigenvalue weighted by Gasteiger charge is -2.29. The molecule has 2 rings (SSSR count). The molecular weight excluding hydrogens is 225 g/mol. The number of fused-ring (bicyclic) bond motifs is 1. The van der Waals surface area contributed by atoms with Gasteiger partial charge in [0.05, 0.1) is 5.92 Å². The topological polar surface area (TPSA) is 66.4 Å². The number of hydrogen-bond donors (Lipinski definition) is 2. The monoisotopic (exact) mass is 237 g/mol. The van der Waals surface area contributed by atoms with Crippen LogP contribution in [0.1, 0.15) is 17.0 Å². The Labute approximate surface area is 97.4 Å². The molecule has 0 aliphatic heterocycles. The van der Waals surface area contributed by atoms with Crippen molar-refractivity contribution in [2.24, 2.45) is 0 Å². The SMILES string of the molecule is O=C(O)C(CF)NC(=O)C1Cc2ccccc21. The molecule has 90 valence electrons. The van der Waals surface area contributed by atoms with Crippen LogP contribution in [0, 0.1) is 0 Å². The molecule has 1 amide bonds. The van der Waals surface area contributed by atoms with E-state index in [1.165, 1.54) is 0 Å². The summed E-state index contributed by atoms with van der Waals surface area (Å²) in [7, 11) is 0. The van der Waals surface area contributed by atoms with Crippen LogP contribution in [0.15, 0.2) is 24.3 Å². The number of aliphatic carboxylic acids is 1. The van der Waals surface area contributed by atoms with Crippen molar-refractivity contribution in [1.29, 1.82) is 0 Å². The quantitative estimate of drug-likeness (QED) is 0.816. The van der Waals surface area contributed by atoms with Crippen LogP contribution in [0.25, 0.3) is 0 Å². The number of benzene rings is 1. The molecule has 1 aromatic rings. The first-order valence-corrected chi connectivity index (χ1v) is 5.30. The van der Waals surface area contributed by atoms with E-state index in [1.807, 2.05) is 24.3 Å². The van der Waals surface area contributed by atoms with Gasteiger partial charge in [-0.15, -0.1) is 0 Å². The highest BCUT2D eigenvalue weighted by atomic mass is 19.1. The number of carboxylic acid groups (broad SMARTS) is 1. The van der Waals surface area contributed by atoms with Gasteiger partial charge in [-0.3, -0.25) is 4.79 Å². The van der Waals surface area contributed by atoms with E-state index in [1.54, 1.807) is 0 Å². The first-order chi connectivity index (χ1) is 8.13. The smallest absolute Gasteiger partial charge is 0.328 e. The fourth-order valence-electron chi connectivity index (χ4n) is 1.93. The van der Waals surface area contributed by atoms with E-state index in [-0.39, 0.29) is 5.92 Å². The molecule has 0 saturated carbocycles. The van der Waals surface area contributed by atoms with Crippen molar-refractivity contribution in [3.05, 3.63) is 35.4 Å². The van der Waals surface area contributed by atoms with Crippen LogP contribution in [-0.2, 0) is 16.0 Å². The van der Waals surface area contributed by atoms with E-state index >= 15 is 0 Å². The minimum absolute atomic E-state index is 0.348. The van der Waals surface area contributed by atoms with E-state index in [4.69, 9.17) is 5.11 Å². The third-order valence-electron chi connectivity index (χ3n) is 2.94. The van der Waals surface area contributed by atoms with Gasteiger partial charge in [0.1, 0.15) is 6.67 Å². The lowest BCUT2D eigenvalue weighted by Crippen LogP contribution is -2.46. The standard InChI is InChI=1S/C12H12FNO3/c13-6-10(12(16)17)14-11(15)9-5-7-3-1-2-4-8(7)9/h1-4,9-10H,5-6H2,(H,14,15)(H,16,17). The molecule has 0 aromatic heterocycles. The number of carboxylic acids is 1. The molecule has 0 radical (unpaired) electrons. The van der Waals surface area contributed by atoms with Gasteiger partial charge in [0.15, 0.2) is 6.04 Å². The Hall–Kier alpha value is -1.91. The highest BCUT2D eigenvalue weighted by molar-refractivity contribution is 5.90. The summed E-state index contributed by atoms with van der Waals surface area (Å²) in [5.41, 5.74) is 1.98. The van der Waals surface area contributed by atoms with E-state index in [0.29, 0.717) is 6.42 Å². The maximum atomic E-state index is 12.4. The molecule has 2 unspecified atom stereocenters. The number of carbonyl (C=O) groups is 2. The van der Waals surface area contributed by atoms with E-state index in [9.17, 15) is 14.0 Å². The Balaban J connectivity index is 2.02. The van der Waals surface area contributed by atoms with Crippen molar-refractivity contribution in [3.8, 4) is 0 Å². The molecule has 2 N–H and O–H groups in total. The maximum absolute atomic E-state index is 12.4. The zero-order valence-corrected chi connectivity index (χ0v) is 9.02. The van der Waals surface area contributed by atoms with Crippen molar-refractivity contribution in [2.75, 3.05) is 6.67 Å². The third kappa shape index (κ3) is 2.13. The summed E-state index contributed by atoms with van der Waals surface area (Å²) in [6, 6.07) is 6.00. The van der Waals surface area contributed by atoms with Gasteiger partial charge in [-0.25, -0.2) is 9.18 Å². The van der Waals surface area contributed by atoms with Crippen LogP contribution in [-0.4, -0.2) is 29.7 Å². The van der Waals surface area contributed by atoms with Gasteiger partial charge in [0.25, 0.3) is 0 Å². The minimum Gasteiger partial charge on any atom is -0.480 e. The van der Waals surface area contributed by atoms with Crippen LogP contribution in [0.4, 0.5) is 4.39 Å². The molecule has 0 heterocycles. The maximum Gasteiger partial charge on any atom is 0.328 e. The van der Waals surface area contributed by atoms with Crippen molar-refractivity contribution in [2.45, 2.75) is 18.4 Å². The van der Waals surface area contributed by atoms with Crippen molar-refractivity contribution >= 4 is 11.9 Å². The first kappa shape index (κ1) is 11.6. The summed E-state index contributed by atoms with van der Waals surface area (Å²) in [6.07, 6.45) is 0.584. The second-order valence-corrected chi connectivity index (χ2v) is 4.01. The summed E-state index contributed by atoms with van der Waals surface area (Å²) in [5, 5.41) is 10.8. The van der Waals surface area contributed by atoms with Crippen LogP contribution in [0.5, 0.6) is 0 Å². The molecule has 0 bridgehead atoms. The number of halogens is 1. The van der Waals surface area contributed by atoms with Crippen LogP contribution in [0.3, 0.4) is 0 Å². The summed E-state index contributed by atoms with van der Waals surface area (Å²) in [4.78, 5) is 22.3. The second-order valence-electron chi connectivity index (χ2n) is 4.01. The highest BCUT2D eigenvalue weighted by Crippen LogP contribution is 2.34. The Bertz CT molecular complexity index is 461. The lowest BCUT2D eigenvalue weighted by molar-refractivity contribution is -0.142. The Kier molecular flexibility index (Phi) is 3.08. The van der Waals surface area contributed by atoms with E-state index in [0.717, 1.165) is 11.1 Å². The number of rotatable bonds is 4. The average Bonchev–Trinajstić information content (AvgIpc) is 2.27.